The van der Waals surface area contributed by atoms with Crippen molar-refractivity contribution < 1.29 is 4.79 Å². The molecule has 3 rings (SSSR count). The molecule has 1 fully saturated rings. The molecule has 1 heterocycles. The van der Waals surface area contributed by atoms with E-state index in [4.69, 9.17) is 0 Å². The van der Waals surface area contributed by atoms with Gasteiger partial charge in [-0.2, -0.15) is 0 Å². The highest BCUT2D eigenvalue weighted by Crippen LogP contribution is 2.44. The van der Waals surface area contributed by atoms with Gasteiger partial charge in [-0.05, 0) is 42.5 Å². The van der Waals surface area contributed by atoms with Gasteiger partial charge in [-0.1, -0.05) is 15.9 Å². The van der Waals surface area contributed by atoms with Gasteiger partial charge in [-0.25, -0.2) is 4.79 Å². The molecular weight excluding hydrogens is 256 g/mol. The standard InChI is InChI=1S/C11H11BrN2O/c12-7-3-4-9-8(5-7)10(6-1-2-6)14-11(15)13-9/h3-6,10H,1-2H2,(H2,13,14,15). The maximum atomic E-state index is 11.4. The van der Waals surface area contributed by atoms with Crippen LogP contribution in [0.25, 0.3) is 0 Å². The number of hydrogen-bond donors (Lipinski definition) is 2. The van der Waals surface area contributed by atoms with Crippen LogP contribution in [-0.2, 0) is 0 Å². The molecule has 0 radical (unpaired) electrons. The van der Waals surface area contributed by atoms with Crippen molar-refractivity contribution in [2.75, 3.05) is 5.32 Å². The third-order valence-electron chi connectivity index (χ3n) is 2.98. The van der Waals surface area contributed by atoms with Crippen LogP contribution in [0.3, 0.4) is 0 Å². The minimum absolute atomic E-state index is 0.0817. The lowest BCUT2D eigenvalue weighted by Crippen LogP contribution is -2.38. The molecule has 1 unspecified atom stereocenters. The second-order valence-electron chi connectivity index (χ2n) is 4.15. The third-order valence-corrected chi connectivity index (χ3v) is 3.47. The lowest BCUT2D eigenvalue weighted by atomic mass is 9.99. The molecule has 78 valence electrons. The van der Waals surface area contributed by atoms with E-state index in [1.165, 1.54) is 18.4 Å². The predicted molar refractivity (Wildman–Crippen MR) is 61.8 cm³/mol. The summed E-state index contributed by atoms with van der Waals surface area (Å²) in [7, 11) is 0. The van der Waals surface area contributed by atoms with Crippen molar-refractivity contribution in [1.82, 2.24) is 5.32 Å². The molecule has 15 heavy (non-hydrogen) atoms. The lowest BCUT2D eigenvalue weighted by molar-refractivity contribution is 0.245. The van der Waals surface area contributed by atoms with Crippen LogP contribution < -0.4 is 10.6 Å². The van der Waals surface area contributed by atoms with E-state index in [1.54, 1.807) is 0 Å². The first-order valence-electron chi connectivity index (χ1n) is 5.11. The molecule has 0 spiro atoms. The van der Waals surface area contributed by atoms with Crippen LogP contribution in [0.1, 0.15) is 24.4 Å². The number of urea groups is 1. The number of amides is 2. The first-order chi connectivity index (χ1) is 7.24. The lowest BCUT2D eigenvalue weighted by Gasteiger charge is -2.27. The van der Waals surface area contributed by atoms with Gasteiger partial charge >= 0.3 is 6.03 Å². The Bertz CT molecular complexity index is 429. The molecule has 1 aromatic rings. The van der Waals surface area contributed by atoms with Gasteiger partial charge in [0.1, 0.15) is 0 Å². The highest BCUT2D eigenvalue weighted by atomic mass is 79.9. The van der Waals surface area contributed by atoms with Gasteiger partial charge in [0.05, 0.1) is 6.04 Å². The summed E-state index contributed by atoms with van der Waals surface area (Å²) < 4.78 is 1.06. The van der Waals surface area contributed by atoms with Crippen LogP contribution in [0.5, 0.6) is 0 Å². The molecule has 1 aromatic carbocycles. The predicted octanol–water partition coefficient (Wildman–Crippen LogP) is 3.04. The van der Waals surface area contributed by atoms with Gasteiger partial charge in [0.15, 0.2) is 0 Å². The third kappa shape index (κ3) is 1.63. The van der Waals surface area contributed by atoms with Crippen LogP contribution in [0, 0.1) is 5.92 Å². The Hall–Kier alpha value is -1.03. The summed E-state index contributed by atoms with van der Waals surface area (Å²) in [6.45, 7) is 0. The summed E-state index contributed by atoms with van der Waals surface area (Å²) in [6, 6.07) is 6.11. The summed E-state index contributed by atoms with van der Waals surface area (Å²) in [5.74, 6) is 0.629. The van der Waals surface area contributed by atoms with Gasteiger partial charge in [0.25, 0.3) is 0 Å². The Morgan fingerprint density at radius 1 is 1.33 bits per heavy atom. The number of benzene rings is 1. The van der Waals surface area contributed by atoms with Crippen molar-refractivity contribution in [2.24, 2.45) is 5.92 Å². The smallest absolute Gasteiger partial charge is 0.319 e. The molecule has 0 bridgehead atoms. The first-order valence-corrected chi connectivity index (χ1v) is 5.90. The summed E-state index contributed by atoms with van der Waals surface area (Å²) in [6.07, 6.45) is 2.44. The van der Waals surface area contributed by atoms with Crippen LogP contribution >= 0.6 is 15.9 Å². The second-order valence-corrected chi connectivity index (χ2v) is 5.06. The van der Waals surface area contributed by atoms with Crippen molar-refractivity contribution in [3.63, 3.8) is 0 Å². The zero-order valence-electron chi connectivity index (χ0n) is 8.09. The Kier molecular flexibility index (Phi) is 1.99. The number of hydrogen-bond acceptors (Lipinski definition) is 1. The average Bonchev–Trinajstić information content (AvgIpc) is 3.01. The van der Waals surface area contributed by atoms with Crippen molar-refractivity contribution in [1.29, 1.82) is 0 Å². The van der Waals surface area contributed by atoms with Crippen molar-refractivity contribution in [2.45, 2.75) is 18.9 Å². The Morgan fingerprint density at radius 2 is 2.13 bits per heavy atom. The van der Waals surface area contributed by atoms with Gasteiger partial charge in [-0.3, -0.25) is 0 Å². The average molecular weight is 267 g/mol. The van der Waals surface area contributed by atoms with Crippen molar-refractivity contribution in [3.8, 4) is 0 Å². The molecule has 1 aliphatic carbocycles. The van der Waals surface area contributed by atoms with E-state index >= 15 is 0 Å². The molecule has 1 aliphatic heterocycles. The van der Waals surface area contributed by atoms with Crippen LogP contribution in [-0.4, -0.2) is 6.03 Å². The molecule has 4 heteroatoms. The van der Waals surface area contributed by atoms with Crippen LogP contribution in [0.4, 0.5) is 10.5 Å². The van der Waals surface area contributed by atoms with Crippen LogP contribution in [0.15, 0.2) is 22.7 Å². The van der Waals surface area contributed by atoms with Gasteiger partial charge in [0.2, 0.25) is 0 Å². The minimum Gasteiger partial charge on any atom is -0.331 e. The fourth-order valence-corrected chi connectivity index (χ4v) is 2.46. The Balaban J connectivity index is 2.06. The summed E-state index contributed by atoms with van der Waals surface area (Å²) in [5.41, 5.74) is 2.14. The summed E-state index contributed by atoms with van der Waals surface area (Å²) >= 11 is 3.46. The molecule has 3 nitrogen and oxygen atoms in total. The number of fused-ring (bicyclic) bond motifs is 1. The molecule has 2 amide bonds. The topological polar surface area (TPSA) is 41.1 Å². The molecule has 2 aliphatic rings. The minimum atomic E-state index is -0.0817. The van der Waals surface area contributed by atoms with E-state index in [0.29, 0.717) is 5.92 Å². The zero-order valence-corrected chi connectivity index (χ0v) is 9.67. The highest BCUT2D eigenvalue weighted by molar-refractivity contribution is 9.10. The first kappa shape index (κ1) is 9.21. The van der Waals surface area contributed by atoms with E-state index in [1.807, 2.05) is 12.1 Å². The molecule has 0 aromatic heterocycles. The number of halogens is 1. The van der Waals surface area contributed by atoms with Gasteiger partial charge in [0, 0.05) is 10.2 Å². The number of rotatable bonds is 1. The molecule has 1 saturated carbocycles. The van der Waals surface area contributed by atoms with E-state index < -0.39 is 0 Å². The number of nitrogens with one attached hydrogen (secondary N) is 2. The van der Waals surface area contributed by atoms with Crippen molar-refractivity contribution >= 4 is 27.6 Å². The number of anilines is 1. The maximum Gasteiger partial charge on any atom is 0.319 e. The Labute approximate surface area is 96.4 Å². The van der Waals surface area contributed by atoms with Crippen LogP contribution in [0.2, 0.25) is 0 Å². The highest BCUT2D eigenvalue weighted by Gasteiger charge is 2.37. The van der Waals surface area contributed by atoms with Gasteiger partial charge in [-0.15, -0.1) is 0 Å². The Morgan fingerprint density at radius 3 is 2.87 bits per heavy atom. The monoisotopic (exact) mass is 266 g/mol. The van der Waals surface area contributed by atoms with Crippen molar-refractivity contribution in [3.05, 3.63) is 28.2 Å². The fraction of sp³-hybridized carbons (Fsp3) is 0.364. The number of carbonyl (C=O) groups excluding carboxylic acids is 1. The second kappa shape index (κ2) is 3.23. The summed E-state index contributed by atoms with van der Waals surface area (Å²) in [5, 5.41) is 5.82. The van der Waals surface area contributed by atoms with E-state index in [2.05, 4.69) is 32.6 Å². The quantitative estimate of drug-likeness (QED) is 0.806. The zero-order chi connectivity index (χ0) is 10.4. The largest absolute Gasteiger partial charge is 0.331 e. The molecule has 0 saturated heterocycles. The molecular formula is C11H11BrN2O. The maximum absolute atomic E-state index is 11.4. The number of carbonyl (C=O) groups is 1. The van der Waals surface area contributed by atoms with Gasteiger partial charge < -0.3 is 10.6 Å². The van der Waals surface area contributed by atoms with E-state index in [0.717, 1.165) is 10.2 Å². The van der Waals surface area contributed by atoms with E-state index in [-0.39, 0.29) is 12.1 Å². The summed E-state index contributed by atoms with van der Waals surface area (Å²) in [4.78, 5) is 11.4. The molecule has 1 atom stereocenters. The fourth-order valence-electron chi connectivity index (χ4n) is 2.08. The normalized spacial score (nSPS) is 24.1. The molecule has 2 N–H and O–H groups in total. The SMILES string of the molecule is O=C1Nc2ccc(Br)cc2C(C2CC2)N1. The van der Waals surface area contributed by atoms with E-state index in [9.17, 15) is 4.79 Å².